The Bertz CT molecular complexity index is 1380. The van der Waals surface area contributed by atoms with Gasteiger partial charge in [0.15, 0.2) is 0 Å². The lowest BCUT2D eigenvalue weighted by molar-refractivity contribution is -0.139. The minimum Gasteiger partial charge on any atom is -0.375 e. The molecule has 35 heavy (non-hydrogen) atoms. The van der Waals surface area contributed by atoms with Gasteiger partial charge in [-0.3, -0.25) is 9.69 Å². The molecule has 0 saturated carbocycles. The van der Waals surface area contributed by atoms with E-state index in [2.05, 4.69) is 32.8 Å². The number of aliphatic hydroxyl groups is 1. The summed E-state index contributed by atoms with van der Waals surface area (Å²) in [6.07, 6.45) is 9.64. The number of fused-ring (bicyclic) bond motifs is 2. The molecule has 0 aliphatic carbocycles. The van der Waals surface area contributed by atoms with E-state index in [0.29, 0.717) is 19.0 Å². The van der Waals surface area contributed by atoms with Crippen LogP contribution in [0, 0.1) is 0 Å². The first-order valence-electron chi connectivity index (χ1n) is 12.3. The monoisotopic (exact) mass is 471 g/mol. The number of likely N-dealkylation sites (tertiary alicyclic amines) is 2. The minimum absolute atomic E-state index is 0.129. The predicted octanol–water partition coefficient (Wildman–Crippen LogP) is 2.95. The Labute approximate surface area is 203 Å². The molecule has 6 heterocycles. The van der Waals surface area contributed by atoms with Gasteiger partial charge < -0.3 is 15.0 Å². The highest BCUT2D eigenvalue weighted by Crippen LogP contribution is 2.35. The Morgan fingerprint density at radius 3 is 2.83 bits per heavy atom. The average molecular weight is 472 g/mol. The van der Waals surface area contributed by atoms with Crippen LogP contribution in [0.5, 0.6) is 0 Å². The Kier molecular flexibility index (Phi) is 5.58. The van der Waals surface area contributed by atoms with Crippen molar-refractivity contribution in [1.82, 2.24) is 34.6 Å². The maximum Gasteiger partial charge on any atom is 0.240 e. The van der Waals surface area contributed by atoms with Crippen molar-refractivity contribution in [1.29, 1.82) is 0 Å². The van der Waals surface area contributed by atoms with E-state index in [-0.39, 0.29) is 11.9 Å². The van der Waals surface area contributed by atoms with Crippen molar-refractivity contribution in [3.05, 3.63) is 61.2 Å². The number of carbonyl (C=O) groups is 1. The molecule has 9 nitrogen and oxygen atoms in total. The van der Waals surface area contributed by atoms with Crippen LogP contribution in [0.2, 0.25) is 0 Å². The van der Waals surface area contributed by atoms with Gasteiger partial charge in [0.1, 0.15) is 11.9 Å². The molecule has 2 saturated heterocycles. The van der Waals surface area contributed by atoms with Gasteiger partial charge >= 0.3 is 0 Å². The van der Waals surface area contributed by atoms with Crippen molar-refractivity contribution in [2.75, 3.05) is 19.6 Å². The van der Waals surface area contributed by atoms with Crippen LogP contribution in [0.1, 0.15) is 37.3 Å². The van der Waals surface area contributed by atoms with Gasteiger partial charge in [0.05, 0.1) is 17.8 Å². The normalized spacial score (nSPS) is 20.6. The van der Waals surface area contributed by atoms with Gasteiger partial charge in [0.2, 0.25) is 5.91 Å². The van der Waals surface area contributed by atoms with E-state index < -0.39 is 6.23 Å². The molecule has 0 radical (unpaired) electrons. The molecule has 0 spiro atoms. The third-order valence-electron chi connectivity index (χ3n) is 7.52. The number of H-pyrrole nitrogens is 1. The first-order chi connectivity index (χ1) is 17.1. The maximum absolute atomic E-state index is 13.2. The Balaban J connectivity index is 1.20. The number of aliphatic hydroxyl groups excluding tert-OH is 1. The standard InChI is InChI=1S/C26H29N7O2/c1-2-24(34)32-12-4-6-23(32)26(35)31-13-8-17(9-14-31)21-15-19-18(7-11-27-25(19)30-21)20-16-29-33-22(20)5-3-10-28-33/h2-3,5,7,10-11,15-17,23-24,34H,1,4,6,8-9,12-14H2,(H,27,30)/t23-,24?/m0/s1. The van der Waals surface area contributed by atoms with E-state index in [1.54, 1.807) is 10.8 Å². The second-order valence-corrected chi connectivity index (χ2v) is 9.45. The first kappa shape index (κ1) is 21.9. The number of hydrogen-bond donors (Lipinski definition) is 2. The highest BCUT2D eigenvalue weighted by atomic mass is 16.3. The van der Waals surface area contributed by atoms with E-state index in [1.165, 1.54) is 6.08 Å². The van der Waals surface area contributed by atoms with Crippen molar-refractivity contribution in [2.24, 2.45) is 0 Å². The Hall–Kier alpha value is -3.56. The number of aromatic nitrogens is 5. The first-order valence-corrected chi connectivity index (χ1v) is 12.3. The van der Waals surface area contributed by atoms with Gasteiger partial charge in [-0.1, -0.05) is 6.58 Å². The summed E-state index contributed by atoms with van der Waals surface area (Å²) < 4.78 is 1.64. The third-order valence-corrected chi connectivity index (χ3v) is 7.52. The van der Waals surface area contributed by atoms with Gasteiger partial charge in [-0.15, -0.1) is 0 Å². The van der Waals surface area contributed by atoms with E-state index in [4.69, 9.17) is 0 Å². The van der Waals surface area contributed by atoms with Crippen molar-refractivity contribution >= 4 is 22.5 Å². The molecule has 0 bridgehead atoms. The molecular formula is C26H29N7O2. The highest BCUT2D eigenvalue weighted by Gasteiger charge is 2.37. The fraction of sp³-hybridized carbons (Fsp3) is 0.385. The van der Waals surface area contributed by atoms with Gasteiger partial charge in [0.25, 0.3) is 0 Å². The number of piperidine rings is 1. The number of pyridine rings is 1. The molecule has 2 N–H and O–H groups in total. The summed E-state index contributed by atoms with van der Waals surface area (Å²) in [5, 5.41) is 19.9. The van der Waals surface area contributed by atoms with Crippen LogP contribution in [0.4, 0.5) is 0 Å². The summed E-state index contributed by atoms with van der Waals surface area (Å²) in [7, 11) is 0. The van der Waals surface area contributed by atoms with Crippen LogP contribution in [0.25, 0.3) is 27.7 Å². The van der Waals surface area contributed by atoms with Crippen LogP contribution in [0.3, 0.4) is 0 Å². The largest absolute Gasteiger partial charge is 0.375 e. The van der Waals surface area contributed by atoms with Gasteiger partial charge in [-0.25, -0.2) is 4.98 Å². The van der Waals surface area contributed by atoms with Crippen LogP contribution in [0.15, 0.2) is 55.5 Å². The van der Waals surface area contributed by atoms with Crippen LogP contribution in [-0.4, -0.2) is 77.5 Å². The molecule has 2 aliphatic heterocycles. The summed E-state index contributed by atoms with van der Waals surface area (Å²) in [6.45, 7) is 5.84. The topological polar surface area (TPSA) is 103 Å². The Morgan fingerprint density at radius 2 is 2.00 bits per heavy atom. The van der Waals surface area contributed by atoms with Crippen molar-refractivity contribution in [3.8, 4) is 11.1 Å². The van der Waals surface area contributed by atoms with E-state index in [0.717, 1.165) is 65.6 Å². The number of nitrogens with one attached hydrogen (secondary N) is 1. The molecule has 2 atom stereocenters. The molecule has 180 valence electrons. The van der Waals surface area contributed by atoms with Crippen LogP contribution < -0.4 is 0 Å². The highest BCUT2D eigenvalue weighted by molar-refractivity contribution is 5.97. The molecule has 9 heteroatoms. The summed E-state index contributed by atoms with van der Waals surface area (Å²) in [6, 6.07) is 7.91. The summed E-state index contributed by atoms with van der Waals surface area (Å²) in [4.78, 5) is 25.1. The smallest absolute Gasteiger partial charge is 0.240 e. The summed E-state index contributed by atoms with van der Waals surface area (Å²) in [5.74, 6) is 0.467. The fourth-order valence-electron chi connectivity index (χ4n) is 5.67. The Morgan fingerprint density at radius 1 is 1.14 bits per heavy atom. The molecule has 2 aliphatic rings. The molecule has 1 unspecified atom stereocenters. The molecule has 4 aromatic rings. The number of hydrogen-bond acceptors (Lipinski definition) is 6. The van der Waals surface area contributed by atoms with Crippen molar-refractivity contribution in [2.45, 2.75) is 43.9 Å². The average Bonchev–Trinajstić information content (AvgIpc) is 3.65. The summed E-state index contributed by atoms with van der Waals surface area (Å²) >= 11 is 0. The van der Waals surface area contributed by atoms with Crippen molar-refractivity contribution in [3.63, 3.8) is 0 Å². The van der Waals surface area contributed by atoms with Gasteiger partial charge in [0, 0.05) is 54.6 Å². The number of aromatic amines is 1. The number of amides is 1. The molecule has 1 amide bonds. The number of nitrogens with zero attached hydrogens (tertiary/aromatic N) is 6. The van der Waals surface area contributed by atoms with Crippen molar-refractivity contribution < 1.29 is 9.90 Å². The molecule has 4 aromatic heterocycles. The van der Waals surface area contributed by atoms with E-state index >= 15 is 0 Å². The zero-order valence-corrected chi connectivity index (χ0v) is 19.5. The van der Waals surface area contributed by atoms with E-state index in [1.807, 2.05) is 40.4 Å². The summed E-state index contributed by atoms with van der Waals surface area (Å²) in [5.41, 5.74) is 5.08. The fourth-order valence-corrected chi connectivity index (χ4v) is 5.67. The van der Waals surface area contributed by atoms with Crippen LogP contribution >= 0.6 is 0 Å². The van der Waals surface area contributed by atoms with E-state index in [9.17, 15) is 9.90 Å². The third kappa shape index (κ3) is 3.81. The second kappa shape index (κ2) is 8.90. The lowest BCUT2D eigenvalue weighted by Gasteiger charge is -2.36. The minimum atomic E-state index is -0.763. The van der Waals surface area contributed by atoms with Gasteiger partial charge in [-0.2, -0.15) is 14.8 Å². The molecular weight excluding hydrogens is 442 g/mol. The predicted molar refractivity (Wildman–Crippen MR) is 133 cm³/mol. The lowest BCUT2D eigenvalue weighted by Crippen LogP contribution is -2.50. The van der Waals surface area contributed by atoms with Crippen LogP contribution in [-0.2, 0) is 4.79 Å². The number of carbonyl (C=O) groups excluding carboxylic acids is 1. The second-order valence-electron chi connectivity index (χ2n) is 9.45. The molecule has 2 fully saturated rings. The lowest BCUT2D eigenvalue weighted by atomic mass is 9.92. The molecule has 6 rings (SSSR count). The van der Waals surface area contributed by atoms with Gasteiger partial charge in [-0.05, 0) is 61.6 Å². The maximum atomic E-state index is 13.2. The SMILES string of the molecule is C=CC(O)N1CCC[C@H]1C(=O)N1CCC(c2cc3c(-c4cnn5ncccc45)ccnc3[nH]2)CC1. The zero-order chi connectivity index (χ0) is 23.9. The molecule has 0 aromatic carbocycles. The quantitative estimate of drug-likeness (QED) is 0.434. The zero-order valence-electron chi connectivity index (χ0n) is 19.5. The number of rotatable bonds is 5.